The number of anilines is 1. The van der Waals surface area contributed by atoms with Crippen LogP contribution >= 0.6 is 0 Å². The van der Waals surface area contributed by atoms with Crippen molar-refractivity contribution in [3.8, 4) is 22.8 Å². The maximum Gasteiger partial charge on any atom is 0.235 e. The third-order valence-electron chi connectivity index (χ3n) is 5.85. The fourth-order valence-corrected chi connectivity index (χ4v) is 3.89. The van der Waals surface area contributed by atoms with Gasteiger partial charge in [0.1, 0.15) is 17.8 Å². The van der Waals surface area contributed by atoms with Gasteiger partial charge in [0.05, 0.1) is 11.1 Å². The standard InChI is InChI=1S/C25H20FN3O2/c26-19-8-10-20(11-9-19)28-24(30)25(13-4-14-25)18-7-12-21(27-15-18)22-16-31-23(29-22)17-5-2-1-3-6-17/h1-3,5-12,15-16H,4,13-14H2,(H,28,30). The first-order valence-electron chi connectivity index (χ1n) is 10.2. The van der Waals surface area contributed by atoms with Gasteiger partial charge in [0.2, 0.25) is 11.8 Å². The molecule has 1 aliphatic rings. The van der Waals surface area contributed by atoms with Crippen molar-refractivity contribution in [2.24, 2.45) is 0 Å². The second kappa shape index (κ2) is 7.80. The van der Waals surface area contributed by atoms with Gasteiger partial charge in [0.15, 0.2) is 0 Å². The number of carbonyl (C=O) groups excluding carboxylic acids is 1. The maximum absolute atomic E-state index is 13.1. The Morgan fingerprint density at radius 3 is 2.39 bits per heavy atom. The van der Waals surface area contributed by atoms with E-state index in [2.05, 4.69) is 15.3 Å². The van der Waals surface area contributed by atoms with Gasteiger partial charge in [-0.1, -0.05) is 30.7 Å². The van der Waals surface area contributed by atoms with Crippen molar-refractivity contribution in [2.45, 2.75) is 24.7 Å². The molecule has 0 unspecified atom stereocenters. The first-order chi connectivity index (χ1) is 15.1. The lowest BCUT2D eigenvalue weighted by Gasteiger charge is -2.40. The normalized spacial score (nSPS) is 14.6. The third kappa shape index (κ3) is 3.61. The monoisotopic (exact) mass is 413 g/mol. The smallest absolute Gasteiger partial charge is 0.235 e. The summed E-state index contributed by atoms with van der Waals surface area (Å²) in [6.45, 7) is 0. The topological polar surface area (TPSA) is 68.0 Å². The van der Waals surface area contributed by atoms with Gasteiger partial charge < -0.3 is 9.73 Å². The van der Waals surface area contributed by atoms with Crippen molar-refractivity contribution in [3.05, 3.63) is 90.6 Å². The van der Waals surface area contributed by atoms with Gasteiger partial charge in [-0.05, 0) is 60.9 Å². The second-order valence-corrected chi connectivity index (χ2v) is 7.73. The predicted octanol–water partition coefficient (Wildman–Crippen LogP) is 5.60. The lowest BCUT2D eigenvalue weighted by molar-refractivity contribution is -0.124. The van der Waals surface area contributed by atoms with Gasteiger partial charge in [0, 0.05) is 17.4 Å². The Hall–Kier alpha value is -3.80. The molecule has 0 saturated heterocycles. The Balaban J connectivity index is 1.36. The number of benzene rings is 2. The molecule has 1 saturated carbocycles. The minimum absolute atomic E-state index is 0.0901. The summed E-state index contributed by atoms with van der Waals surface area (Å²) in [5, 5.41) is 2.92. The Morgan fingerprint density at radius 2 is 1.74 bits per heavy atom. The lowest BCUT2D eigenvalue weighted by Crippen LogP contribution is -2.46. The number of oxazole rings is 1. The summed E-state index contributed by atoms with van der Waals surface area (Å²) in [4.78, 5) is 22.1. The number of halogens is 1. The first-order valence-corrected chi connectivity index (χ1v) is 10.2. The van der Waals surface area contributed by atoms with Crippen LogP contribution in [0.25, 0.3) is 22.8 Å². The molecule has 2 aromatic carbocycles. The lowest BCUT2D eigenvalue weighted by atomic mass is 9.64. The fraction of sp³-hybridized carbons (Fsp3) is 0.160. The Labute approximate surface area is 179 Å². The Bertz CT molecular complexity index is 1200. The SMILES string of the molecule is O=C(Nc1ccc(F)cc1)C1(c2ccc(-c3coc(-c4ccccc4)n3)nc2)CCC1. The average molecular weight is 413 g/mol. The van der Waals surface area contributed by atoms with Crippen molar-refractivity contribution in [2.75, 3.05) is 5.32 Å². The van der Waals surface area contributed by atoms with Gasteiger partial charge in [-0.15, -0.1) is 0 Å². The molecule has 31 heavy (non-hydrogen) atoms. The molecule has 1 aliphatic carbocycles. The van der Waals surface area contributed by atoms with Crippen LogP contribution in [-0.4, -0.2) is 15.9 Å². The molecule has 1 amide bonds. The molecule has 154 valence electrons. The molecule has 0 bridgehead atoms. The van der Waals surface area contributed by atoms with E-state index in [1.165, 1.54) is 12.1 Å². The molecule has 2 aromatic heterocycles. The maximum atomic E-state index is 13.1. The van der Waals surface area contributed by atoms with Crippen LogP contribution in [-0.2, 0) is 10.2 Å². The van der Waals surface area contributed by atoms with Crippen molar-refractivity contribution >= 4 is 11.6 Å². The average Bonchev–Trinajstić information content (AvgIpc) is 3.26. The number of amides is 1. The van der Waals surface area contributed by atoms with Crippen molar-refractivity contribution < 1.29 is 13.6 Å². The second-order valence-electron chi connectivity index (χ2n) is 7.73. The van der Waals surface area contributed by atoms with Gasteiger partial charge >= 0.3 is 0 Å². The van der Waals surface area contributed by atoms with E-state index in [-0.39, 0.29) is 11.7 Å². The minimum atomic E-state index is -0.612. The van der Waals surface area contributed by atoms with E-state index in [4.69, 9.17) is 4.42 Å². The van der Waals surface area contributed by atoms with Crippen molar-refractivity contribution in [1.82, 2.24) is 9.97 Å². The molecule has 1 N–H and O–H groups in total. The van der Waals surface area contributed by atoms with Crippen LogP contribution in [0.3, 0.4) is 0 Å². The zero-order valence-electron chi connectivity index (χ0n) is 16.7. The van der Waals surface area contributed by atoms with Crippen LogP contribution in [0.15, 0.2) is 83.6 Å². The van der Waals surface area contributed by atoms with Crippen LogP contribution < -0.4 is 5.32 Å². The molecular weight excluding hydrogens is 393 g/mol. The molecule has 1 fully saturated rings. The van der Waals surface area contributed by atoms with Crippen LogP contribution in [0.5, 0.6) is 0 Å². The van der Waals surface area contributed by atoms with Crippen molar-refractivity contribution in [3.63, 3.8) is 0 Å². The van der Waals surface area contributed by atoms with E-state index in [0.717, 1.165) is 30.4 Å². The van der Waals surface area contributed by atoms with Gasteiger partial charge in [-0.3, -0.25) is 9.78 Å². The number of rotatable bonds is 5. The van der Waals surface area contributed by atoms with E-state index in [1.807, 2.05) is 42.5 Å². The number of nitrogens with one attached hydrogen (secondary N) is 1. The van der Waals surface area contributed by atoms with Crippen molar-refractivity contribution in [1.29, 1.82) is 0 Å². The Morgan fingerprint density at radius 1 is 0.968 bits per heavy atom. The van der Waals surface area contributed by atoms with E-state index in [1.54, 1.807) is 24.6 Å². The summed E-state index contributed by atoms with van der Waals surface area (Å²) >= 11 is 0. The third-order valence-corrected chi connectivity index (χ3v) is 5.85. The highest BCUT2D eigenvalue weighted by atomic mass is 19.1. The highest BCUT2D eigenvalue weighted by Crippen LogP contribution is 2.44. The van der Waals surface area contributed by atoms with E-state index in [9.17, 15) is 9.18 Å². The van der Waals surface area contributed by atoms with Gasteiger partial charge in [-0.25, -0.2) is 9.37 Å². The quantitative estimate of drug-likeness (QED) is 0.462. The van der Waals surface area contributed by atoms with E-state index in [0.29, 0.717) is 23.0 Å². The number of hydrogen-bond acceptors (Lipinski definition) is 4. The summed E-state index contributed by atoms with van der Waals surface area (Å²) in [5.74, 6) is 0.114. The molecule has 0 aliphatic heterocycles. The fourth-order valence-electron chi connectivity index (χ4n) is 3.89. The molecule has 5 nitrogen and oxygen atoms in total. The largest absolute Gasteiger partial charge is 0.444 e. The molecule has 0 spiro atoms. The molecule has 2 heterocycles. The van der Waals surface area contributed by atoms with E-state index >= 15 is 0 Å². The summed E-state index contributed by atoms with van der Waals surface area (Å²) in [7, 11) is 0. The van der Waals surface area contributed by atoms with Crippen LogP contribution in [0.4, 0.5) is 10.1 Å². The predicted molar refractivity (Wildman–Crippen MR) is 116 cm³/mol. The number of aromatic nitrogens is 2. The van der Waals surface area contributed by atoms with Gasteiger partial charge in [0.25, 0.3) is 0 Å². The zero-order chi connectivity index (χ0) is 21.3. The number of carbonyl (C=O) groups is 1. The van der Waals surface area contributed by atoms with Gasteiger partial charge in [-0.2, -0.15) is 0 Å². The molecule has 4 aromatic rings. The molecule has 6 heteroatoms. The molecular formula is C25H20FN3O2. The molecule has 5 rings (SSSR count). The number of nitrogens with zero attached hydrogens (tertiary/aromatic N) is 2. The summed E-state index contributed by atoms with van der Waals surface area (Å²) in [5.41, 5.74) is 3.06. The number of pyridine rings is 1. The van der Waals surface area contributed by atoms with Crippen LogP contribution in [0.2, 0.25) is 0 Å². The zero-order valence-corrected chi connectivity index (χ0v) is 16.7. The summed E-state index contributed by atoms with van der Waals surface area (Å²) < 4.78 is 18.7. The highest BCUT2D eigenvalue weighted by molar-refractivity contribution is 5.99. The minimum Gasteiger partial charge on any atom is -0.444 e. The Kier molecular flexibility index (Phi) is 4.82. The van der Waals surface area contributed by atoms with Crippen LogP contribution in [0.1, 0.15) is 24.8 Å². The van der Waals surface area contributed by atoms with E-state index < -0.39 is 5.41 Å². The number of hydrogen-bond donors (Lipinski definition) is 1. The summed E-state index contributed by atoms with van der Waals surface area (Å²) in [6, 6.07) is 19.3. The molecule has 0 atom stereocenters. The molecule has 0 radical (unpaired) electrons. The summed E-state index contributed by atoms with van der Waals surface area (Å²) in [6.07, 6.45) is 5.81. The highest BCUT2D eigenvalue weighted by Gasteiger charge is 2.46. The first kappa shape index (κ1) is 19.2. The van der Waals surface area contributed by atoms with Crippen LogP contribution in [0, 0.1) is 5.82 Å².